The van der Waals surface area contributed by atoms with Crippen molar-refractivity contribution in [3.05, 3.63) is 59.1 Å². The molecule has 114 valence electrons. The van der Waals surface area contributed by atoms with Crippen molar-refractivity contribution in [3.63, 3.8) is 0 Å². The number of benzene rings is 2. The van der Waals surface area contributed by atoms with Gasteiger partial charge in [-0.15, -0.1) is 0 Å². The summed E-state index contributed by atoms with van der Waals surface area (Å²) in [6.45, 7) is 2.11. The molecule has 2 aromatic carbocycles. The third-order valence-electron chi connectivity index (χ3n) is 4.21. The first kappa shape index (κ1) is 15.1. The van der Waals surface area contributed by atoms with Crippen LogP contribution in [0.25, 0.3) is 11.1 Å². The maximum absolute atomic E-state index is 12.7. The van der Waals surface area contributed by atoms with Crippen molar-refractivity contribution in [2.24, 2.45) is 11.7 Å². The van der Waals surface area contributed by atoms with Crippen molar-refractivity contribution < 1.29 is 4.79 Å². The number of rotatable bonds is 3. The van der Waals surface area contributed by atoms with Crippen LogP contribution in [-0.4, -0.2) is 30.4 Å². The van der Waals surface area contributed by atoms with E-state index in [1.165, 1.54) is 0 Å². The fourth-order valence-corrected chi connectivity index (χ4v) is 3.08. The van der Waals surface area contributed by atoms with Crippen LogP contribution in [0.1, 0.15) is 16.8 Å². The van der Waals surface area contributed by atoms with Gasteiger partial charge in [0.1, 0.15) is 0 Å². The minimum atomic E-state index is -0.00117. The van der Waals surface area contributed by atoms with E-state index in [1.54, 1.807) is 6.07 Å². The fraction of sp³-hybridized carbons (Fsp3) is 0.278. The maximum atomic E-state index is 12.7. The molecule has 0 unspecified atom stereocenters. The molecule has 1 fully saturated rings. The van der Waals surface area contributed by atoms with Gasteiger partial charge in [-0.2, -0.15) is 0 Å². The first-order valence-corrected chi connectivity index (χ1v) is 7.91. The molecule has 3 rings (SSSR count). The Morgan fingerprint density at radius 1 is 1.18 bits per heavy atom. The normalized spacial score (nSPS) is 17.7. The highest BCUT2D eigenvalue weighted by Gasteiger charge is 2.27. The van der Waals surface area contributed by atoms with Crippen molar-refractivity contribution in [2.45, 2.75) is 6.42 Å². The second-order valence-electron chi connectivity index (χ2n) is 5.70. The maximum Gasteiger partial charge on any atom is 0.255 e. The van der Waals surface area contributed by atoms with E-state index in [0.29, 0.717) is 23.0 Å². The van der Waals surface area contributed by atoms with Gasteiger partial charge in [-0.1, -0.05) is 48.0 Å². The molecule has 2 aromatic rings. The summed E-state index contributed by atoms with van der Waals surface area (Å²) in [5.74, 6) is 0.402. The summed E-state index contributed by atoms with van der Waals surface area (Å²) in [6, 6.07) is 15.6. The number of carbonyl (C=O) groups excluding carboxylic acids is 1. The fourth-order valence-electron chi connectivity index (χ4n) is 2.88. The minimum Gasteiger partial charge on any atom is -0.338 e. The van der Waals surface area contributed by atoms with Crippen molar-refractivity contribution in [1.82, 2.24) is 4.90 Å². The highest BCUT2D eigenvalue weighted by Crippen LogP contribution is 2.27. The Morgan fingerprint density at radius 3 is 2.64 bits per heavy atom. The van der Waals surface area contributed by atoms with E-state index in [0.717, 1.165) is 30.6 Å². The molecule has 1 aliphatic rings. The van der Waals surface area contributed by atoms with Crippen LogP contribution in [0, 0.1) is 5.92 Å². The van der Waals surface area contributed by atoms with Gasteiger partial charge in [0, 0.05) is 13.1 Å². The summed E-state index contributed by atoms with van der Waals surface area (Å²) in [4.78, 5) is 14.6. The van der Waals surface area contributed by atoms with Gasteiger partial charge in [0.15, 0.2) is 0 Å². The first-order valence-electron chi connectivity index (χ1n) is 7.53. The lowest BCUT2D eigenvalue weighted by Crippen LogP contribution is -2.30. The molecule has 0 radical (unpaired) electrons. The zero-order valence-corrected chi connectivity index (χ0v) is 13.1. The Morgan fingerprint density at radius 2 is 1.95 bits per heavy atom. The number of likely N-dealkylation sites (tertiary alicyclic amines) is 1. The number of carbonyl (C=O) groups is 1. The van der Waals surface area contributed by atoms with Gasteiger partial charge in [0.05, 0.1) is 10.6 Å². The van der Waals surface area contributed by atoms with E-state index in [9.17, 15) is 4.79 Å². The molecule has 1 heterocycles. The number of halogens is 1. The standard InChI is InChI=1S/C18H19ClN2O/c19-17-7-6-15(14-4-2-1-3-5-14)10-16(17)18(22)21-9-8-13(11-20)12-21/h1-7,10,13H,8-9,11-12,20H2/t13-/m1/s1. The van der Waals surface area contributed by atoms with Crippen molar-refractivity contribution in [2.75, 3.05) is 19.6 Å². The van der Waals surface area contributed by atoms with Gasteiger partial charge in [-0.05, 0) is 42.1 Å². The van der Waals surface area contributed by atoms with Crippen LogP contribution in [0.4, 0.5) is 0 Å². The lowest BCUT2D eigenvalue weighted by molar-refractivity contribution is 0.0788. The lowest BCUT2D eigenvalue weighted by Gasteiger charge is -2.17. The van der Waals surface area contributed by atoms with Crippen LogP contribution in [0.3, 0.4) is 0 Å². The number of hydrogen-bond acceptors (Lipinski definition) is 2. The van der Waals surface area contributed by atoms with Crippen LogP contribution in [0.2, 0.25) is 5.02 Å². The Kier molecular flexibility index (Phi) is 4.46. The molecule has 0 spiro atoms. The SMILES string of the molecule is NC[C@H]1CCN(C(=O)c2cc(-c3ccccc3)ccc2Cl)C1. The summed E-state index contributed by atoms with van der Waals surface area (Å²) in [5.41, 5.74) is 8.35. The highest BCUT2D eigenvalue weighted by molar-refractivity contribution is 6.34. The molecule has 0 aliphatic carbocycles. The van der Waals surface area contributed by atoms with Crippen molar-refractivity contribution in [3.8, 4) is 11.1 Å². The summed E-state index contributed by atoms with van der Waals surface area (Å²) >= 11 is 6.26. The third-order valence-corrected chi connectivity index (χ3v) is 4.54. The molecule has 3 nitrogen and oxygen atoms in total. The van der Waals surface area contributed by atoms with E-state index in [1.807, 2.05) is 47.4 Å². The zero-order valence-electron chi connectivity index (χ0n) is 12.3. The van der Waals surface area contributed by atoms with Gasteiger partial charge in [-0.25, -0.2) is 0 Å². The van der Waals surface area contributed by atoms with E-state index in [2.05, 4.69) is 0 Å². The molecule has 22 heavy (non-hydrogen) atoms. The molecule has 1 amide bonds. The molecule has 0 bridgehead atoms. The molecule has 1 aliphatic heterocycles. The summed E-state index contributed by atoms with van der Waals surface area (Å²) in [7, 11) is 0. The number of nitrogens with zero attached hydrogens (tertiary/aromatic N) is 1. The predicted molar refractivity (Wildman–Crippen MR) is 90.0 cm³/mol. The van der Waals surface area contributed by atoms with Crippen molar-refractivity contribution in [1.29, 1.82) is 0 Å². The van der Waals surface area contributed by atoms with E-state index in [-0.39, 0.29) is 5.91 Å². The van der Waals surface area contributed by atoms with Gasteiger partial charge >= 0.3 is 0 Å². The smallest absolute Gasteiger partial charge is 0.255 e. The van der Waals surface area contributed by atoms with Gasteiger partial charge in [0.2, 0.25) is 0 Å². The number of nitrogens with two attached hydrogens (primary N) is 1. The van der Waals surface area contributed by atoms with Crippen LogP contribution in [0.15, 0.2) is 48.5 Å². The summed E-state index contributed by atoms with van der Waals surface area (Å²) < 4.78 is 0. The van der Waals surface area contributed by atoms with Crippen molar-refractivity contribution >= 4 is 17.5 Å². The lowest BCUT2D eigenvalue weighted by atomic mass is 10.0. The highest BCUT2D eigenvalue weighted by atomic mass is 35.5. The second-order valence-corrected chi connectivity index (χ2v) is 6.11. The second kappa shape index (κ2) is 6.51. The van der Waals surface area contributed by atoms with Crippen LogP contribution < -0.4 is 5.73 Å². The van der Waals surface area contributed by atoms with Crippen LogP contribution in [-0.2, 0) is 0 Å². The third kappa shape index (κ3) is 3.01. The molecule has 1 saturated heterocycles. The molecule has 2 N–H and O–H groups in total. The molecular formula is C18H19ClN2O. The van der Waals surface area contributed by atoms with Gasteiger partial charge in [0.25, 0.3) is 5.91 Å². The minimum absolute atomic E-state index is 0.00117. The topological polar surface area (TPSA) is 46.3 Å². The molecular weight excluding hydrogens is 296 g/mol. The van der Waals surface area contributed by atoms with E-state index < -0.39 is 0 Å². The van der Waals surface area contributed by atoms with Crippen LogP contribution in [0.5, 0.6) is 0 Å². The Hall–Kier alpha value is -1.84. The average Bonchev–Trinajstić information content (AvgIpc) is 3.04. The average molecular weight is 315 g/mol. The van der Waals surface area contributed by atoms with Gasteiger partial charge in [-0.3, -0.25) is 4.79 Å². The number of hydrogen-bond donors (Lipinski definition) is 1. The first-order chi connectivity index (χ1) is 10.7. The molecule has 4 heteroatoms. The largest absolute Gasteiger partial charge is 0.338 e. The van der Waals surface area contributed by atoms with Crippen LogP contribution >= 0.6 is 11.6 Å². The van der Waals surface area contributed by atoms with E-state index >= 15 is 0 Å². The Balaban J connectivity index is 1.89. The predicted octanol–water partition coefficient (Wildman–Crippen LogP) is 3.43. The molecule has 0 aromatic heterocycles. The molecule has 1 atom stereocenters. The summed E-state index contributed by atoms with van der Waals surface area (Å²) in [6.07, 6.45) is 0.970. The number of amides is 1. The van der Waals surface area contributed by atoms with Gasteiger partial charge < -0.3 is 10.6 Å². The summed E-state index contributed by atoms with van der Waals surface area (Å²) in [5, 5.41) is 0.501. The monoisotopic (exact) mass is 314 g/mol. The molecule has 0 saturated carbocycles. The zero-order chi connectivity index (χ0) is 15.5. The quantitative estimate of drug-likeness (QED) is 0.943. The Bertz CT molecular complexity index is 672. The van der Waals surface area contributed by atoms with E-state index in [4.69, 9.17) is 17.3 Å². The Labute approximate surface area is 135 Å².